The fraction of sp³-hybridized carbons (Fsp3) is 0.571. The van der Waals surface area contributed by atoms with Crippen LogP contribution in [-0.2, 0) is 16.1 Å². The van der Waals surface area contributed by atoms with Gasteiger partial charge in [0, 0.05) is 20.2 Å². The molecule has 5 heteroatoms. The third-order valence-corrected chi connectivity index (χ3v) is 3.22. The summed E-state index contributed by atoms with van der Waals surface area (Å²) in [6.45, 7) is 2.93. The second-order valence-corrected chi connectivity index (χ2v) is 4.40. The maximum atomic E-state index is 5.81. The van der Waals surface area contributed by atoms with E-state index in [1.165, 1.54) is 0 Å². The maximum absolute atomic E-state index is 5.81. The summed E-state index contributed by atoms with van der Waals surface area (Å²) >= 11 is 0. The van der Waals surface area contributed by atoms with Gasteiger partial charge >= 0.3 is 0 Å². The van der Waals surface area contributed by atoms with Gasteiger partial charge in [-0.2, -0.15) is 0 Å². The first-order valence-electron chi connectivity index (χ1n) is 6.36. The predicted molar refractivity (Wildman–Crippen MR) is 71.8 cm³/mol. The summed E-state index contributed by atoms with van der Waals surface area (Å²) in [5.41, 5.74) is 2.15. The third kappa shape index (κ3) is 3.18. The van der Waals surface area contributed by atoms with Crippen LogP contribution in [0.15, 0.2) is 12.1 Å². The van der Waals surface area contributed by atoms with Crippen LogP contribution in [-0.4, -0.2) is 41.0 Å². The van der Waals surface area contributed by atoms with Crippen LogP contribution in [0.1, 0.15) is 17.2 Å². The van der Waals surface area contributed by atoms with Crippen molar-refractivity contribution in [3.63, 3.8) is 0 Å². The molecule has 1 unspecified atom stereocenters. The van der Waals surface area contributed by atoms with Gasteiger partial charge in [0.2, 0.25) is 0 Å². The lowest BCUT2D eigenvalue weighted by atomic mass is 10.0. The van der Waals surface area contributed by atoms with Crippen LogP contribution in [0, 0.1) is 0 Å². The number of morpholine rings is 1. The zero-order valence-corrected chi connectivity index (χ0v) is 11.7. The largest absolute Gasteiger partial charge is 0.493 e. The Morgan fingerprint density at radius 3 is 2.53 bits per heavy atom. The first-order valence-corrected chi connectivity index (χ1v) is 6.36. The van der Waals surface area contributed by atoms with Crippen molar-refractivity contribution in [3.8, 4) is 11.5 Å². The Bertz CT molecular complexity index is 416. The maximum Gasteiger partial charge on any atom is 0.161 e. The fourth-order valence-corrected chi connectivity index (χ4v) is 2.28. The van der Waals surface area contributed by atoms with Crippen LogP contribution in [0.4, 0.5) is 0 Å². The van der Waals surface area contributed by atoms with E-state index in [1.54, 1.807) is 21.3 Å². The second-order valence-electron chi connectivity index (χ2n) is 4.40. The average Bonchev–Trinajstić information content (AvgIpc) is 2.48. The molecule has 0 saturated carbocycles. The van der Waals surface area contributed by atoms with Crippen molar-refractivity contribution in [1.82, 2.24) is 5.32 Å². The highest BCUT2D eigenvalue weighted by molar-refractivity contribution is 5.48. The van der Waals surface area contributed by atoms with Crippen molar-refractivity contribution < 1.29 is 18.9 Å². The summed E-state index contributed by atoms with van der Waals surface area (Å²) < 4.78 is 21.8. The van der Waals surface area contributed by atoms with Crippen LogP contribution < -0.4 is 14.8 Å². The molecule has 1 aliphatic rings. The normalized spacial score (nSPS) is 19.2. The monoisotopic (exact) mass is 267 g/mol. The number of benzene rings is 1. The first kappa shape index (κ1) is 14.1. The molecule has 19 heavy (non-hydrogen) atoms. The second kappa shape index (κ2) is 6.75. The molecule has 1 aliphatic heterocycles. The minimum Gasteiger partial charge on any atom is -0.493 e. The van der Waals surface area contributed by atoms with Crippen LogP contribution in [0.3, 0.4) is 0 Å². The summed E-state index contributed by atoms with van der Waals surface area (Å²) in [5, 5.41) is 3.33. The van der Waals surface area contributed by atoms with E-state index < -0.39 is 0 Å². The Balaban J connectivity index is 2.37. The average molecular weight is 267 g/mol. The van der Waals surface area contributed by atoms with Gasteiger partial charge in [0.25, 0.3) is 0 Å². The van der Waals surface area contributed by atoms with Gasteiger partial charge in [0.05, 0.1) is 33.5 Å². The standard InChI is InChI=1S/C14H21NO4/c1-16-9-10-6-12(17-2)13(18-3)7-11(10)14-8-15-4-5-19-14/h6-7,14-15H,4-5,8-9H2,1-3H3. The molecule has 1 N–H and O–H groups in total. The Labute approximate surface area is 113 Å². The molecule has 1 aromatic rings. The summed E-state index contributed by atoms with van der Waals surface area (Å²) in [6.07, 6.45) is 0.0266. The lowest BCUT2D eigenvalue weighted by molar-refractivity contribution is 0.0259. The summed E-state index contributed by atoms with van der Waals surface area (Å²) in [7, 11) is 4.95. The molecule has 5 nitrogen and oxygen atoms in total. The highest BCUT2D eigenvalue weighted by Crippen LogP contribution is 2.35. The van der Waals surface area contributed by atoms with Gasteiger partial charge < -0.3 is 24.3 Å². The summed E-state index contributed by atoms with van der Waals surface area (Å²) in [6, 6.07) is 3.93. The third-order valence-electron chi connectivity index (χ3n) is 3.22. The van der Waals surface area contributed by atoms with Gasteiger partial charge in [0.1, 0.15) is 0 Å². The molecule has 0 bridgehead atoms. The van der Waals surface area contributed by atoms with Gasteiger partial charge in [-0.1, -0.05) is 0 Å². The van der Waals surface area contributed by atoms with E-state index in [-0.39, 0.29) is 6.10 Å². The molecule has 106 valence electrons. The van der Waals surface area contributed by atoms with Gasteiger partial charge in [-0.3, -0.25) is 0 Å². The number of rotatable bonds is 5. The van der Waals surface area contributed by atoms with Crippen molar-refractivity contribution in [2.24, 2.45) is 0 Å². The van der Waals surface area contributed by atoms with E-state index in [2.05, 4.69) is 5.32 Å². The summed E-state index contributed by atoms with van der Waals surface area (Å²) in [4.78, 5) is 0. The zero-order chi connectivity index (χ0) is 13.7. The van der Waals surface area contributed by atoms with E-state index in [0.717, 1.165) is 24.2 Å². The van der Waals surface area contributed by atoms with Gasteiger partial charge in [-0.05, 0) is 23.3 Å². The van der Waals surface area contributed by atoms with Crippen molar-refractivity contribution in [2.45, 2.75) is 12.7 Å². The molecule has 0 aliphatic carbocycles. The van der Waals surface area contributed by atoms with Gasteiger partial charge in [0.15, 0.2) is 11.5 Å². The molecule has 2 rings (SSSR count). The summed E-state index contributed by atoms with van der Waals surface area (Å²) in [5.74, 6) is 1.42. The van der Waals surface area contributed by atoms with E-state index in [0.29, 0.717) is 24.7 Å². The lowest BCUT2D eigenvalue weighted by Gasteiger charge is -2.26. The van der Waals surface area contributed by atoms with Crippen LogP contribution in [0.5, 0.6) is 11.5 Å². The van der Waals surface area contributed by atoms with Crippen LogP contribution in [0.2, 0.25) is 0 Å². The lowest BCUT2D eigenvalue weighted by Crippen LogP contribution is -2.33. The Kier molecular flexibility index (Phi) is 5.01. The zero-order valence-electron chi connectivity index (χ0n) is 11.7. The van der Waals surface area contributed by atoms with Crippen molar-refractivity contribution >= 4 is 0 Å². The topological polar surface area (TPSA) is 49.0 Å². The molecule has 0 aromatic heterocycles. The van der Waals surface area contributed by atoms with E-state index in [9.17, 15) is 0 Å². The molecule has 0 radical (unpaired) electrons. The molecule has 0 spiro atoms. The number of nitrogens with one attached hydrogen (secondary N) is 1. The molecular weight excluding hydrogens is 246 g/mol. The van der Waals surface area contributed by atoms with Crippen molar-refractivity contribution in [2.75, 3.05) is 41.0 Å². The number of ether oxygens (including phenoxy) is 4. The Hall–Kier alpha value is -1.30. The van der Waals surface area contributed by atoms with Gasteiger partial charge in [-0.25, -0.2) is 0 Å². The Morgan fingerprint density at radius 1 is 1.21 bits per heavy atom. The van der Waals surface area contributed by atoms with E-state index >= 15 is 0 Å². The number of hydrogen-bond acceptors (Lipinski definition) is 5. The SMILES string of the molecule is COCc1cc(OC)c(OC)cc1C1CNCCO1. The fourth-order valence-electron chi connectivity index (χ4n) is 2.28. The molecular formula is C14H21NO4. The Morgan fingerprint density at radius 2 is 1.95 bits per heavy atom. The van der Waals surface area contributed by atoms with Crippen LogP contribution in [0.25, 0.3) is 0 Å². The quantitative estimate of drug-likeness (QED) is 0.876. The number of hydrogen-bond donors (Lipinski definition) is 1. The first-order chi connectivity index (χ1) is 9.30. The molecule has 1 fully saturated rings. The molecule has 1 saturated heterocycles. The van der Waals surface area contributed by atoms with Gasteiger partial charge in [-0.15, -0.1) is 0 Å². The number of methoxy groups -OCH3 is 3. The highest BCUT2D eigenvalue weighted by Gasteiger charge is 2.21. The predicted octanol–water partition coefficient (Wildman–Crippen LogP) is 1.51. The van der Waals surface area contributed by atoms with Crippen molar-refractivity contribution in [3.05, 3.63) is 23.3 Å². The molecule has 1 aromatic carbocycles. The molecule has 1 heterocycles. The highest BCUT2D eigenvalue weighted by atomic mass is 16.5. The van der Waals surface area contributed by atoms with Crippen molar-refractivity contribution in [1.29, 1.82) is 0 Å². The van der Waals surface area contributed by atoms with E-state index in [4.69, 9.17) is 18.9 Å². The molecule has 0 amide bonds. The van der Waals surface area contributed by atoms with Crippen LogP contribution >= 0.6 is 0 Å². The van der Waals surface area contributed by atoms with E-state index in [1.807, 2.05) is 12.1 Å². The molecule has 1 atom stereocenters. The smallest absolute Gasteiger partial charge is 0.161 e. The minimum absolute atomic E-state index is 0.0266. The minimum atomic E-state index is 0.0266.